The van der Waals surface area contributed by atoms with Crippen molar-refractivity contribution in [3.05, 3.63) is 0 Å². The zero-order valence-electron chi connectivity index (χ0n) is 31.0. The molecule has 8 heterocycles. The summed E-state index contributed by atoms with van der Waals surface area (Å²) in [5.41, 5.74) is -3.54. The first kappa shape index (κ1) is 35.6. The first-order valence-electron chi connectivity index (χ1n) is 19.8. The topological polar surface area (TPSA) is 132 Å². The highest BCUT2D eigenvalue weighted by molar-refractivity contribution is 5.86. The molecule has 2 N–H and O–H groups in total. The second kappa shape index (κ2) is 12.6. The largest absolute Gasteiger partial charge is 0.354 e. The van der Waals surface area contributed by atoms with Gasteiger partial charge < -0.3 is 29.6 Å². The molecular formula is C38H60N2O10. The maximum atomic E-state index is 13.7. The van der Waals surface area contributed by atoms with Crippen LogP contribution >= 0.6 is 0 Å². The SMILES string of the molecule is C[C@@H]1CC[C@@H]2[C@]34OO[C@](C)(CC[C@@H]13)O[C@H]4O[C@]2(C)C(=O)NCCCCCCCCNC(=O)[C@@]1(C)O[C@@H]2O[C@@]3(C)CC[C@H]4[C@H](C)CC[C@@H]1[C@@]24OO3. The Balaban J connectivity index is 0.756. The number of unbranched alkanes of at least 4 members (excludes halogenated alkanes) is 5. The molecule has 282 valence electrons. The average Bonchev–Trinajstić information content (AvgIpc) is 3.21. The van der Waals surface area contributed by atoms with Crippen LogP contribution in [-0.2, 0) is 48.1 Å². The van der Waals surface area contributed by atoms with Gasteiger partial charge in [-0.05, 0) is 103 Å². The lowest BCUT2D eigenvalue weighted by Crippen LogP contribution is -2.62. The molecule has 2 saturated carbocycles. The van der Waals surface area contributed by atoms with Crippen LogP contribution in [0.3, 0.4) is 0 Å². The van der Waals surface area contributed by atoms with E-state index in [0.717, 1.165) is 89.9 Å². The Hall–Kier alpha value is -1.38. The number of carbonyl (C=O) groups excluding carboxylic acids is 2. The molecule has 0 unspecified atom stereocenters. The molecule has 10 rings (SSSR count). The first-order valence-corrected chi connectivity index (χ1v) is 19.8. The lowest BCUT2D eigenvalue weighted by atomic mass is 9.59. The lowest BCUT2D eigenvalue weighted by molar-refractivity contribution is -0.541. The van der Waals surface area contributed by atoms with Crippen LogP contribution in [0.15, 0.2) is 0 Å². The van der Waals surface area contributed by atoms with Gasteiger partial charge in [-0.15, -0.1) is 0 Å². The van der Waals surface area contributed by atoms with Crippen molar-refractivity contribution < 1.29 is 48.1 Å². The van der Waals surface area contributed by atoms with Crippen LogP contribution < -0.4 is 10.6 Å². The quantitative estimate of drug-likeness (QED) is 0.208. The van der Waals surface area contributed by atoms with E-state index in [1.54, 1.807) is 0 Å². The summed E-state index contributed by atoms with van der Waals surface area (Å²) < 4.78 is 25.7. The Bertz CT molecular complexity index is 1240. The van der Waals surface area contributed by atoms with E-state index in [1.807, 2.05) is 27.7 Å². The zero-order valence-corrected chi connectivity index (χ0v) is 31.0. The summed E-state index contributed by atoms with van der Waals surface area (Å²) in [6.45, 7) is 13.4. The van der Waals surface area contributed by atoms with Crippen molar-refractivity contribution in [3.8, 4) is 0 Å². The van der Waals surface area contributed by atoms with Crippen molar-refractivity contribution in [1.29, 1.82) is 0 Å². The predicted molar refractivity (Wildman–Crippen MR) is 178 cm³/mol. The minimum absolute atomic E-state index is 0.0880. The molecule has 2 spiro atoms. The summed E-state index contributed by atoms with van der Waals surface area (Å²) in [4.78, 5) is 51.5. The molecule has 12 heteroatoms. The molecule has 50 heavy (non-hydrogen) atoms. The van der Waals surface area contributed by atoms with E-state index >= 15 is 0 Å². The molecule has 0 aromatic heterocycles. The number of hydrogen-bond donors (Lipinski definition) is 2. The second-order valence-electron chi connectivity index (χ2n) is 17.8. The van der Waals surface area contributed by atoms with Gasteiger partial charge in [0.15, 0.2) is 35.0 Å². The fourth-order valence-corrected chi connectivity index (χ4v) is 11.6. The molecule has 10 fully saturated rings. The molecule has 0 aromatic rings. The number of fused-ring (bicyclic) bond motifs is 4. The summed E-state index contributed by atoms with van der Waals surface area (Å²) in [6.07, 6.45) is 11.9. The zero-order chi connectivity index (χ0) is 35.2. The van der Waals surface area contributed by atoms with Crippen molar-refractivity contribution >= 4 is 11.8 Å². The summed E-state index contributed by atoms with van der Waals surface area (Å²) in [5.74, 6) is -0.756. The van der Waals surface area contributed by atoms with E-state index in [2.05, 4.69) is 24.5 Å². The molecule has 2 amide bonds. The molecule has 12 nitrogen and oxygen atoms in total. The summed E-state index contributed by atoms with van der Waals surface area (Å²) in [6, 6.07) is 0. The molecule has 14 atom stereocenters. The number of rotatable bonds is 11. The molecule has 8 saturated heterocycles. The monoisotopic (exact) mass is 704 g/mol. The summed E-state index contributed by atoms with van der Waals surface area (Å²) in [7, 11) is 0. The van der Waals surface area contributed by atoms with Gasteiger partial charge in [-0.3, -0.25) is 9.59 Å². The molecule has 10 aliphatic rings. The van der Waals surface area contributed by atoms with Crippen LogP contribution in [0.2, 0.25) is 0 Å². The number of carbonyl (C=O) groups is 2. The van der Waals surface area contributed by atoms with Crippen LogP contribution in [0, 0.1) is 35.5 Å². The van der Waals surface area contributed by atoms with Crippen molar-refractivity contribution in [2.45, 2.75) is 178 Å². The third-order valence-electron chi connectivity index (χ3n) is 14.5. The fourth-order valence-electron chi connectivity index (χ4n) is 11.6. The average molecular weight is 705 g/mol. The molecule has 4 bridgehead atoms. The Morgan fingerprint density at radius 1 is 0.540 bits per heavy atom. The van der Waals surface area contributed by atoms with Gasteiger partial charge in [0.05, 0.1) is 0 Å². The molecular weight excluding hydrogens is 644 g/mol. The fraction of sp³-hybridized carbons (Fsp3) is 0.947. The second-order valence-corrected chi connectivity index (χ2v) is 17.8. The number of ether oxygens (including phenoxy) is 4. The highest BCUT2D eigenvalue weighted by Gasteiger charge is 2.77. The number of amides is 2. The summed E-state index contributed by atoms with van der Waals surface area (Å²) >= 11 is 0. The Morgan fingerprint density at radius 3 is 1.36 bits per heavy atom. The van der Waals surface area contributed by atoms with E-state index in [4.69, 9.17) is 38.5 Å². The van der Waals surface area contributed by atoms with Gasteiger partial charge >= 0.3 is 0 Å². The van der Waals surface area contributed by atoms with E-state index < -0.39 is 46.6 Å². The molecule has 0 radical (unpaired) electrons. The Labute approximate surface area is 296 Å². The van der Waals surface area contributed by atoms with Crippen molar-refractivity contribution in [3.63, 3.8) is 0 Å². The van der Waals surface area contributed by atoms with E-state index in [-0.39, 0.29) is 35.5 Å². The highest BCUT2D eigenvalue weighted by Crippen LogP contribution is 2.65. The Kier molecular flexibility index (Phi) is 8.98. The van der Waals surface area contributed by atoms with Gasteiger partial charge in [-0.25, -0.2) is 19.6 Å². The van der Waals surface area contributed by atoms with E-state index in [0.29, 0.717) is 24.9 Å². The van der Waals surface area contributed by atoms with Crippen molar-refractivity contribution in [2.24, 2.45) is 35.5 Å². The summed E-state index contributed by atoms with van der Waals surface area (Å²) in [5, 5.41) is 6.35. The van der Waals surface area contributed by atoms with Gasteiger partial charge in [0, 0.05) is 37.8 Å². The Morgan fingerprint density at radius 2 is 0.940 bits per heavy atom. The normalized spacial score (nSPS) is 51.4. The third kappa shape index (κ3) is 5.28. The maximum Gasteiger partial charge on any atom is 0.252 e. The van der Waals surface area contributed by atoms with Crippen LogP contribution in [0.5, 0.6) is 0 Å². The molecule has 0 aromatic carbocycles. The first-order chi connectivity index (χ1) is 23.8. The highest BCUT2D eigenvalue weighted by atomic mass is 17.3. The smallest absolute Gasteiger partial charge is 0.252 e. The molecule has 8 aliphatic heterocycles. The number of nitrogens with one attached hydrogen (secondary N) is 2. The van der Waals surface area contributed by atoms with E-state index in [9.17, 15) is 9.59 Å². The predicted octanol–water partition coefficient (Wildman–Crippen LogP) is 5.57. The standard InChI is InChI=1S/C38H60N2O10/c1-23-13-15-27-35(5,45-31-37(27)25(23)17-19-33(3,43-31)47-49-37)29(41)39-21-11-9-7-8-10-12-22-40-30(42)36(6)28-16-14-24(2)26-18-20-34(4)44-32(46-36)38(26,28)50-48-34/h23-28,31-32H,7-22H2,1-6H3,(H,39,41)(H,40,42)/t23-,24-,25+,26+,27+,28+,31+,32+,33-,34-,35+,36+,37-,38-/m1/s1. The van der Waals surface area contributed by atoms with Gasteiger partial charge in [0.25, 0.3) is 11.8 Å². The maximum absolute atomic E-state index is 13.7. The van der Waals surface area contributed by atoms with Crippen LogP contribution in [0.4, 0.5) is 0 Å². The van der Waals surface area contributed by atoms with Gasteiger partial charge in [0.2, 0.25) is 11.6 Å². The van der Waals surface area contributed by atoms with Gasteiger partial charge in [0.1, 0.15) is 0 Å². The van der Waals surface area contributed by atoms with Crippen LogP contribution in [-0.4, -0.2) is 71.5 Å². The minimum Gasteiger partial charge on any atom is -0.354 e. The lowest BCUT2D eigenvalue weighted by Gasteiger charge is -2.50. The minimum atomic E-state index is -1.03. The van der Waals surface area contributed by atoms with Crippen molar-refractivity contribution in [2.75, 3.05) is 13.1 Å². The number of hydrogen-bond acceptors (Lipinski definition) is 10. The van der Waals surface area contributed by atoms with Crippen molar-refractivity contribution in [1.82, 2.24) is 10.6 Å². The van der Waals surface area contributed by atoms with Gasteiger partial charge in [-0.1, -0.05) is 39.5 Å². The van der Waals surface area contributed by atoms with E-state index in [1.165, 1.54) is 0 Å². The molecule has 2 aliphatic carbocycles. The third-order valence-corrected chi connectivity index (χ3v) is 14.5. The van der Waals surface area contributed by atoms with Crippen LogP contribution in [0.25, 0.3) is 0 Å². The van der Waals surface area contributed by atoms with Crippen LogP contribution in [0.1, 0.15) is 131 Å². The van der Waals surface area contributed by atoms with Gasteiger partial charge in [-0.2, -0.15) is 0 Å².